The molecule has 0 radical (unpaired) electrons. The summed E-state index contributed by atoms with van der Waals surface area (Å²) in [7, 11) is 0. The van der Waals surface area contributed by atoms with Crippen LogP contribution < -0.4 is 0 Å². The first-order valence-corrected chi connectivity index (χ1v) is 50.2. The third-order valence-corrected chi connectivity index (χ3v) is 31.9. The molecule has 0 amide bonds. The van der Waals surface area contributed by atoms with Crippen molar-refractivity contribution < 1.29 is 13.3 Å². The standard InChI is InChI=1S/3C44H27NOS/c1-3-12-28(13-4-1)33-18-9-20-35-36-21-10-19-34(44(36)47-43(33)35)30-26-24-29(25-27-30)32-17-11-23-39-40(32)41-42(46-39)37-16-7-8-22-38(37)45(41)31-14-5-2-6-15-31;1-3-11-28(12-4-1)31-25-26-40-37(27-31)35-18-9-17-34(44(35)47-40)30-23-21-29(22-24-30)33-16-10-20-39-41(33)42-43(46-39)36-15-7-8-19-38(36)45(42)32-13-5-2-6-14-32;1-3-10-28(11-4-1)31-22-24-35-36-25-23-32(27-41(36)47-40(35)26-31)29-18-20-30(21-19-29)34-15-9-17-39-42(34)43-44(46-39)37-14-7-8-16-38(37)45(43)33-12-5-2-6-13-33/h3*1-27H. The Hall–Kier alpha value is -17.7. The fraction of sp³-hybridized carbons (Fsp3) is 0. The molecular weight excluding hydrogens is 1770 g/mol. The Kier molecular flexibility index (Phi) is 19.5. The molecule has 0 N–H and O–H groups in total. The molecule has 141 heavy (non-hydrogen) atoms. The average molecular weight is 1850 g/mol. The van der Waals surface area contributed by atoms with Gasteiger partial charge in [-0.15, -0.1) is 34.0 Å². The number of para-hydroxylation sites is 6. The molecule has 0 saturated carbocycles. The predicted octanol–water partition coefficient (Wildman–Crippen LogP) is 38.7. The molecule has 9 heterocycles. The van der Waals surface area contributed by atoms with E-state index in [2.05, 4.69) is 505 Å². The zero-order valence-electron chi connectivity index (χ0n) is 76.1. The van der Waals surface area contributed by atoms with Gasteiger partial charge in [0.25, 0.3) is 0 Å². The van der Waals surface area contributed by atoms with Crippen LogP contribution in [0.4, 0.5) is 0 Å². The summed E-state index contributed by atoms with van der Waals surface area (Å²) >= 11 is 5.65. The summed E-state index contributed by atoms with van der Waals surface area (Å²) in [5.41, 5.74) is 37.6. The second-order valence-electron chi connectivity index (χ2n) is 36.3. The van der Waals surface area contributed by atoms with Crippen molar-refractivity contribution in [2.24, 2.45) is 0 Å². The number of rotatable bonds is 12. The minimum Gasteiger partial charge on any atom is -0.454 e. The first-order valence-electron chi connectivity index (χ1n) is 47.8. The molecular formula is C132H81N3O3S3. The number of aromatic nitrogens is 3. The monoisotopic (exact) mass is 1850 g/mol. The predicted molar refractivity (Wildman–Crippen MR) is 599 cm³/mol. The van der Waals surface area contributed by atoms with Gasteiger partial charge in [-0.1, -0.05) is 376 Å². The topological polar surface area (TPSA) is 54.2 Å². The molecule has 9 aromatic heterocycles. The van der Waals surface area contributed by atoms with Gasteiger partial charge in [0, 0.05) is 93.7 Å². The van der Waals surface area contributed by atoms with Gasteiger partial charge >= 0.3 is 0 Å². The van der Waals surface area contributed by atoms with Crippen LogP contribution in [0, 0.1) is 0 Å². The minimum absolute atomic E-state index is 0.899. The van der Waals surface area contributed by atoms with Crippen molar-refractivity contribution in [3.63, 3.8) is 0 Å². The molecule has 660 valence electrons. The number of furan rings is 3. The molecule has 0 aliphatic carbocycles. The number of hydrogen-bond acceptors (Lipinski definition) is 6. The van der Waals surface area contributed by atoms with Crippen molar-refractivity contribution in [1.29, 1.82) is 0 Å². The first-order chi connectivity index (χ1) is 69.9. The maximum Gasteiger partial charge on any atom is 0.161 e. The molecule has 0 bridgehead atoms. The van der Waals surface area contributed by atoms with E-state index in [0.29, 0.717) is 0 Å². The van der Waals surface area contributed by atoms with Crippen molar-refractivity contribution in [2.45, 2.75) is 0 Å². The lowest BCUT2D eigenvalue weighted by Crippen LogP contribution is -1.93. The molecule has 30 rings (SSSR count). The Morgan fingerprint density at radius 3 is 0.794 bits per heavy atom. The summed E-state index contributed by atoms with van der Waals surface area (Å²) in [5, 5.41) is 14.6. The zero-order valence-corrected chi connectivity index (χ0v) is 78.5. The highest BCUT2D eigenvalue weighted by molar-refractivity contribution is 7.27. The van der Waals surface area contributed by atoms with Crippen LogP contribution in [0.15, 0.2) is 505 Å². The van der Waals surface area contributed by atoms with Gasteiger partial charge in [0.2, 0.25) is 0 Å². The van der Waals surface area contributed by atoms with Crippen LogP contribution in [0.25, 0.3) is 277 Å². The van der Waals surface area contributed by atoms with E-state index in [1.54, 1.807) is 0 Å². The number of fused-ring (bicyclic) bond motifs is 24. The fourth-order valence-electron chi connectivity index (χ4n) is 21.8. The fourth-order valence-corrected chi connectivity index (χ4v) is 25.6. The van der Waals surface area contributed by atoms with Gasteiger partial charge in [0.15, 0.2) is 16.7 Å². The van der Waals surface area contributed by atoms with E-state index in [-0.39, 0.29) is 0 Å². The molecule has 9 heteroatoms. The van der Waals surface area contributed by atoms with Crippen LogP contribution in [0.2, 0.25) is 0 Å². The molecule has 21 aromatic carbocycles. The summed E-state index contributed by atoms with van der Waals surface area (Å²) in [6.07, 6.45) is 0. The Morgan fingerprint density at radius 1 is 0.156 bits per heavy atom. The Bertz CT molecular complexity index is 10100. The smallest absolute Gasteiger partial charge is 0.161 e. The third-order valence-electron chi connectivity index (χ3n) is 28.3. The first kappa shape index (κ1) is 81.6. The van der Waals surface area contributed by atoms with E-state index in [9.17, 15) is 0 Å². The molecule has 0 saturated heterocycles. The van der Waals surface area contributed by atoms with Gasteiger partial charge in [0.1, 0.15) is 33.3 Å². The highest BCUT2D eigenvalue weighted by Crippen LogP contribution is 2.52. The number of hydrogen-bond donors (Lipinski definition) is 0. The van der Waals surface area contributed by atoms with Crippen molar-refractivity contribution in [3.05, 3.63) is 491 Å². The largest absolute Gasteiger partial charge is 0.454 e. The SMILES string of the molecule is c1ccc(-c2ccc3c(c2)sc2cc(-c4ccc(-c5cccc6oc7c8ccccc8n(-c8ccccc8)c7c56)cc4)ccc23)cc1.c1ccc(-c2ccc3sc4c(-c5ccc(-c6cccc7oc8c9ccccc9n(-c9ccccc9)c8c67)cc5)cccc4c3c2)cc1.c1ccc(-c2cccc3c2sc2c(-c4ccc(-c5cccc6oc7c8ccccc8n(-c8ccccc8)c7c56)cc4)cccc23)cc1. The number of benzene rings is 21. The van der Waals surface area contributed by atoms with E-state index in [0.717, 1.165) is 116 Å². The van der Waals surface area contributed by atoms with Crippen LogP contribution in [-0.4, -0.2) is 13.7 Å². The third kappa shape index (κ3) is 13.6. The molecule has 30 aromatic rings. The van der Waals surface area contributed by atoms with Gasteiger partial charge in [-0.25, -0.2) is 0 Å². The summed E-state index contributed by atoms with van der Waals surface area (Å²) in [6.45, 7) is 0. The average Bonchev–Trinajstić information content (AvgIpc) is 1.56. The van der Waals surface area contributed by atoms with Gasteiger partial charge in [-0.2, -0.15) is 0 Å². The highest BCUT2D eigenvalue weighted by atomic mass is 32.1. The molecule has 0 fully saturated rings. The van der Waals surface area contributed by atoms with Crippen LogP contribution >= 0.6 is 34.0 Å². The van der Waals surface area contributed by atoms with Gasteiger partial charge in [-0.3, -0.25) is 0 Å². The van der Waals surface area contributed by atoms with Crippen molar-refractivity contribution >= 4 is 193 Å². The van der Waals surface area contributed by atoms with E-state index in [1.165, 1.54) is 161 Å². The maximum atomic E-state index is 6.62. The number of nitrogens with zero attached hydrogens (tertiary/aromatic N) is 3. The van der Waals surface area contributed by atoms with E-state index < -0.39 is 0 Å². The van der Waals surface area contributed by atoms with Crippen molar-refractivity contribution in [3.8, 4) is 117 Å². The second-order valence-corrected chi connectivity index (χ2v) is 39.4. The quantitative estimate of drug-likeness (QED) is 0.122. The summed E-state index contributed by atoms with van der Waals surface area (Å²) < 4.78 is 34.8. The van der Waals surface area contributed by atoms with Crippen LogP contribution in [0.1, 0.15) is 0 Å². The normalized spacial score (nSPS) is 11.8. The van der Waals surface area contributed by atoms with E-state index in [1.807, 2.05) is 34.0 Å². The molecule has 6 nitrogen and oxygen atoms in total. The summed E-state index contributed by atoms with van der Waals surface area (Å²) in [4.78, 5) is 0. The summed E-state index contributed by atoms with van der Waals surface area (Å²) in [6, 6.07) is 176. The Balaban J connectivity index is 0.000000104. The molecule has 0 spiro atoms. The highest BCUT2D eigenvalue weighted by Gasteiger charge is 2.28. The van der Waals surface area contributed by atoms with Gasteiger partial charge in [-0.05, 0) is 215 Å². The van der Waals surface area contributed by atoms with Gasteiger partial charge in [0.05, 0.1) is 32.7 Å². The molecule has 0 atom stereocenters. The second kappa shape index (κ2) is 33.6. The maximum absolute atomic E-state index is 6.62. The summed E-state index contributed by atoms with van der Waals surface area (Å²) in [5.74, 6) is 0. The van der Waals surface area contributed by atoms with Crippen LogP contribution in [-0.2, 0) is 0 Å². The molecule has 0 aliphatic heterocycles. The van der Waals surface area contributed by atoms with Crippen molar-refractivity contribution in [1.82, 2.24) is 13.7 Å². The Morgan fingerprint density at radius 2 is 0.418 bits per heavy atom. The lowest BCUT2D eigenvalue weighted by molar-refractivity contribution is 0.672. The van der Waals surface area contributed by atoms with Gasteiger partial charge < -0.3 is 27.0 Å². The van der Waals surface area contributed by atoms with Crippen LogP contribution in [0.3, 0.4) is 0 Å². The lowest BCUT2D eigenvalue weighted by atomic mass is 9.97. The zero-order chi connectivity index (χ0) is 92.7. The molecule has 0 aliphatic rings. The van der Waals surface area contributed by atoms with E-state index >= 15 is 0 Å². The Labute approximate surface area is 822 Å². The number of thiophene rings is 3. The van der Waals surface area contributed by atoms with E-state index in [4.69, 9.17) is 13.3 Å². The molecule has 0 unspecified atom stereocenters. The van der Waals surface area contributed by atoms with Crippen molar-refractivity contribution in [2.75, 3.05) is 0 Å². The lowest BCUT2D eigenvalue weighted by Gasteiger charge is -2.10. The minimum atomic E-state index is 0.899. The van der Waals surface area contributed by atoms with Crippen LogP contribution in [0.5, 0.6) is 0 Å².